The summed E-state index contributed by atoms with van der Waals surface area (Å²) in [5.74, 6) is 0.779. The number of anilines is 1. The van der Waals surface area contributed by atoms with E-state index in [1.807, 2.05) is 0 Å². The van der Waals surface area contributed by atoms with Crippen LogP contribution in [0.25, 0.3) is 0 Å². The summed E-state index contributed by atoms with van der Waals surface area (Å²) in [5, 5.41) is 0.495. The lowest BCUT2D eigenvalue weighted by molar-refractivity contribution is 0.307. The van der Waals surface area contributed by atoms with E-state index in [1.54, 1.807) is 18.2 Å². The van der Waals surface area contributed by atoms with Gasteiger partial charge in [0.25, 0.3) is 0 Å². The van der Waals surface area contributed by atoms with Gasteiger partial charge in [-0.15, -0.1) is 0 Å². The molecule has 1 aliphatic rings. The van der Waals surface area contributed by atoms with Crippen LogP contribution in [0.1, 0.15) is 25.7 Å². The second-order valence-electron chi connectivity index (χ2n) is 4.64. The highest BCUT2D eigenvalue weighted by Gasteiger charge is 2.20. The van der Waals surface area contributed by atoms with E-state index in [9.17, 15) is 8.42 Å². The Kier molecular flexibility index (Phi) is 4.56. The summed E-state index contributed by atoms with van der Waals surface area (Å²) in [5.41, 5.74) is 0.511. The quantitative estimate of drug-likeness (QED) is 0.869. The van der Waals surface area contributed by atoms with Crippen molar-refractivity contribution in [2.24, 2.45) is 5.92 Å². The maximum absolute atomic E-state index is 11.9. The summed E-state index contributed by atoms with van der Waals surface area (Å²) < 4.78 is 27.1. The minimum atomic E-state index is -3.26. The van der Waals surface area contributed by atoms with Gasteiger partial charge >= 0.3 is 0 Å². The lowest BCUT2D eigenvalue weighted by atomic mass is 9.84. The van der Waals surface area contributed by atoms with Crippen molar-refractivity contribution in [1.29, 1.82) is 0 Å². The van der Waals surface area contributed by atoms with Crippen LogP contribution >= 0.6 is 27.5 Å². The van der Waals surface area contributed by atoms with Gasteiger partial charge in [0, 0.05) is 4.47 Å². The summed E-state index contributed by atoms with van der Waals surface area (Å²) in [6, 6.07) is 5.02. The number of hydrogen-bond acceptors (Lipinski definition) is 2. The molecule has 0 aliphatic heterocycles. The number of nitrogens with one attached hydrogen (secondary N) is 1. The van der Waals surface area contributed by atoms with Crippen LogP contribution in [-0.4, -0.2) is 14.2 Å². The molecular weight excluding hydrogens is 338 g/mol. The molecule has 3 nitrogen and oxygen atoms in total. The minimum absolute atomic E-state index is 0.186. The molecule has 1 aromatic carbocycles. The first-order valence-electron chi connectivity index (χ1n) is 5.92. The lowest BCUT2D eigenvalue weighted by Gasteiger charge is -2.24. The average molecular weight is 353 g/mol. The average Bonchev–Trinajstić information content (AvgIpc) is 2.20. The fourth-order valence-electron chi connectivity index (χ4n) is 1.89. The smallest absolute Gasteiger partial charge is 0.232 e. The van der Waals surface area contributed by atoms with Gasteiger partial charge in [-0.05, 0) is 46.5 Å². The fourth-order valence-corrected chi connectivity index (χ4v) is 3.55. The zero-order chi connectivity index (χ0) is 13.2. The van der Waals surface area contributed by atoms with Gasteiger partial charge in [0.15, 0.2) is 0 Å². The van der Waals surface area contributed by atoms with E-state index >= 15 is 0 Å². The molecule has 0 bridgehead atoms. The van der Waals surface area contributed by atoms with Gasteiger partial charge in [-0.25, -0.2) is 8.42 Å². The third-order valence-corrected chi connectivity index (χ3v) is 5.76. The molecule has 1 aliphatic carbocycles. The minimum Gasteiger partial charge on any atom is -0.284 e. The first-order chi connectivity index (χ1) is 8.46. The van der Waals surface area contributed by atoms with Crippen molar-refractivity contribution in [2.45, 2.75) is 25.7 Å². The monoisotopic (exact) mass is 351 g/mol. The van der Waals surface area contributed by atoms with Crippen LogP contribution in [0.15, 0.2) is 22.7 Å². The third-order valence-electron chi connectivity index (χ3n) is 3.21. The zero-order valence-corrected chi connectivity index (χ0v) is 13.0. The molecule has 1 N–H and O–H groups in total. The highest BCUT2D eigenvalue weighted by Crippen LogP contribution is 2.30. The highest BCUT2D eigenvalue weighted by atomic mass is 79.9. The van der Waals surface area contributed by atoms with Crippen molar-refractivity contribution < 1.29 is 8.42 Å². The van der Waals surface area contributed by atoms with E-state index in [1.165, 1.54) is 19.3 Å². The van der Waals surface area contributed by atoms with Gasteiger partial charge in [0.1, 0.15) is 0 Å². The van der Waals surface area contributed by atoms with Crippen LogP contribution < -0.4 is 4.72 Å². The molecule has 1 fully saturated rings. The van der Waals surface area contributed by atoms with Gasteiger partial charge in [-0.3, -0.25) is 4.72 Å². The Balaban J connectivity index is 1.95. The van der Waals surface area contributed by atoms with Gasteiger partial charge in [-0.2, -0.15) is 0 Å². The molecule has 0 radical (unpaired) electrons. The van der Waals surface area contributed by atoms with Crippen LogP contribution in [0.3, 0.4) is 0 Å². The highest BCUT2D eigenvalue weighted by molar-refractivity contribution is 9.10. The van der Waals surface area contributed by atoms with Crippen LogP contribution in [0.2, 0.25) is 5.02 Å². The van der Waals surface area contributed by atoms with Crippen molar-refractivity contribution >= 4 is 43.2 Å². The Labute approximate surface area is 121 Å². The van der Waals surface area contributed by atoms with E-state index in [0.717, 1.165) is 10.9 Å². The molecule has 6 heteroatoms. The Bertz CT molecular complexity index is 529. The van der Waals surface area contributed by atoms with Crippen molar-refractivity contribution in [3.8, 4) is 0 Å². The summed E-state index contributed by atoms with van der Waals surface area (Å²) in [6.45, 7) is 0. The molecule has 0 spiro atoms. The molecule has 0 heterocycles. The van der Waals surface area contributed by atoms with Gasteiger partial charge in [-0.1, -0.05) is 30.9 Å². The summed E-state index contributed by atoms with van der Waals surface area (Å²) in [6.07, 6.45) is 4.32. The maximum Gasteiger partial charge on any atom is 0.232 e. The number of rotatable bonds is 5. The molecule has 0 atom stereocenters. The van der Waals surface area contributed by atoms with Gasteiger partial charge in [0.2, 0.25) is 10.0 Å². The van der Waals surface area contributed by atoms with Crippen LogP contribution in [0, 0.1) is 5.92 Å². The van der Waals surface area contributed by atoms with E-state index < -0.39 is 10.0 Å². The second kappa shape index (κ2) is 5.80. The largest absolute Gasteiger partial charge is 0.284 e. The second-order valence-corrected chi connectivity index (χ2v) is 7.74. The normalized spacial score (nSPS) is 16.3. The molecular formula is C12H15BrClNO2S. The van der Waals surface area contributed by atoms with Crippen LogP contribution in [0.4, 0.5) is 5.69 Å². The van der Waals surface area contributed by atoms with Gasteiger partial charge in [0.05, 0.1) is 16.5 Å². The molecule has 1 saturated carbocycles. The maximum atomic E-state index is 11.9. The van der Waals surface area contributed by atoms with Gasteiger partial charge < -0.3 is 0 Å². The molecule has 100 valence electrons. The molecule has 1 aromatic rings. The van der Waals surface area contributed by atoms with Crippen molar-refractivity contribution in [3.63, 3.8) is 0 Å². The molecule has 0 saturated heterocycles. The SMILES string of the molecule is O=S(=O)(CCC1CCC1)Nc1ccc(Br)c(Cl)c1. The number of halogens is 2. The molecule has 18 heavy (non-hydrogen) atoms. The van der Waals surface area contributed by atoms with Crippen molar-refractivity contribution in [3.05, 3.63) is 27.7 Å². The van der Waals surface area contributed by atoms with Crippen molar-refractivity contribution in [2.75, 3.05) is 10.5 Å². The van der Waals surface area contributed by atoms with Crippen molar-refractivity contribution in [1.82, 2.24) is 0 Å². The zero-order valence-electron chi connectivity index (χ0n) is 9.83. The van der Waals surface area contributed by atoms with E-state index in [2.05, 4.69) is 20.7 Å². The molecule has 0 unspecified atom stereocenters. The Hall–Kier alpha value is -0.260. The van der Waals surface area contributed by atoms with Crippen LogP contribution in [-0.2, 0) is 10.0 Å². The number of sulfonamides is 1. The van der Waals surface area contributed by atoms with E-state index in [0.29, 0.717) is 16.6 Å². The summed E-state index contributed by atoms with van der Waals surface area (Å²) >= 11 is 9.19. The number of benzene rings is 1. The lowest BCUT2D eigenvalue weighted by Crippen LogP contribution is -2.21. The molecule has 0 amide bonds. The van der Waals surface area contributed by atoms with E-state index in [-0.39, 0.29) is 5.75 Å². The molecule has 0 aromatic heterocycles. The van der Waals surface area contributed by atoms with E-state index in [4.69, 9.17) is 11.6 Å². The topological polar surface area (TPSA) is 46.2 Å². The summed E-state index contributed by atoms with van der Waals surface area (Å²) in [4.78, 5) is 0. The molecule has 2 rings (SSSR count). The number of hydrogen-bond donors (Lipinski definition) is 1. The standard InChI is InChI=1S/C12H15BrClNO2S/c13-11-5-4-10(8-12(11)14)15-18(16,17)7-6-9-2-1-3-9/h4-5,8-9,15H,1-3,6-7H2. The predicted octanol–water partition coefficient (Wildman–Crippen LogP) is 4.03. The Morgan fingerprint density at radius 1 is 1.39 bits per heavy atom. The Morgan fingerprint density at radius 3 is 2.67 bits per heavy atom. The predicted molar refractivity (Wildman–Crippen MR) is 78.5 cm³/mol. The van der Waals surface area contributed by atoms with Crippen LogP contribution in [0.5, 0.6) is 0 Å². The first-order valence-corrected chi connectivity index (χ1v) is 8.74. The first kappa shape index (κ1) is 14.2. The Morgan fingerprint density at radius 2 is 2.11 bits per heavy atom. The third kappa shape index (κ3) is 3.87. The fraction of sp³-hybridized carbons (Fsp3) is 0.500. The summed E-state index contributed by atoms with van der Waals surface area (Å²) in [7, 11) is -3.26.